The van der Waals surface area contributed by atoms with Crippen molar-refractivity contribution in [3.63, 3.8) is 0 Å². The maximum atomic E-state index is 11.1. The number of nitrogens with one attached hydrogen (secondary N) is 1. The van der Waals surface area contributed by atoms with Gasteiger partial charge in [-0.05, 0) is 11.1 Å². The molecule has 1 saturated heterocycles. The van der Waals surface area contributed by atoms with Gasteiger partial charge in [0, 0.05) is 7.11 Å². The van der Waals surface area contributed by atoms with E-state index in [0.717, 1.165) is 5.56 Å². The second-order valence-corrected chi connectivity index (χ2v) is 8.45. The molecule has 6 N–H and O–H groups in total. The maximum Gasteiger partial charge on any atom is 0.175 e. The summed E-state index contributed by atoms with van der Waals surface area (Å²) >= 11 is 0. The fraction of sp³-hybridized carbons (Fsp3) is 0.636. The molecule has 1 heterocycles. The fourth-order valence-electron chi connectivity index (χ4n) is 4.18. The first-order valence-electron chi connectivity index (χ1n) is 10.8. The largest absolute Gasteiger partial charge is 0.392 e. The van der Waals surface area contributed by atoms with Gasteiger partial charge < -0.3 is 44.5 Å². The molecule has 1 aliphatic heterocycles. The maximum absolute atomic E-state index is 11.1. The van der Waals surface area contributed by atoms with E-state index in [2.05, 4.69) is 14.6 Å². The molecule has 10 nitrogen and oxygen atoms in total. The van der Waals surface area contributed by atoms with E-state index in [-0.39, 0.29) is 18.5 Å². The van der Waals surface area contributed by atoms with Crippen LogP contribution in [-0.4, -0.2) is 107 Å². The summed E-state index contributed by atoms with van der Waals surface area (Å²) in [7, 11) is 3.86. The monoisotopic (exact) mass is 487 g/mol. The predicted molar refractivity (Wildman–Crippen MR) is 121 cm³/mol. The van der Waals surface area contributed by atoms with Crippen molar-refractivity contribution in [2.45, 2.75) is 61.6 Å². The lowest BCUT2D eigenvalue weighted by Gasteiger charge is -2.46. The molecule has 186 valence electrons. The summed E-state index contributed by atoms with van der Waals surface area (Å²) < 4.78 is 23.0. The Bertz CT molecular complexity index is 755. The van der Waals surface area contributed by atoms with Crippen molar-refractivity contribution in [2.75, 3.05) is 26.7 Å². The molecule has 1 aromatic carbocycles. The molecule has 3 rings (SSSR count). The second kappa shape index (κ2) is 12.6. The lowest BCUT2D eigenvalue weighted by Crippen LogP contribution is -2.68. The SMILES string of the molecule is COC1OC(COCc2ccccc2)C(OCP)C(O)C1NC1C=C(CO)C(O)C(O)C1O. The van der Waals surface area contributed by atoms with Gasteiger partial charge in [-0.15, -0.1) is 9.24 Å². The summed E-state index contributed by atoms with van der Waals surface area (Å²) in [6.45, 7) is 0.0342. The molecule has 0 saturated carbocycles. The average molecular weight is 487 g/mol. The van der Waals surface area contributed by atoms with Gasteiger partial charge >= 0.3 is 0 Å². The standard InChI is InChI=1S/C22H34NO9P/c1-29-22-16(23-14-7-13(8-24)17(25)20(28)18(14)26)19(27)21(31-11-33)15(32-22)10-30-9-12-5-3-2-4-6-12/h2-7,14-28H,8-11,33H2,1H3. The molecule has 1 fully saturated rings. The van der Waals surface area contributed by atoms with Gasteiger partial charge in [0.2, 0.25) is 0 Å². The van der Waals surface area contributed by atoms with E-state index in [1.807, 2.05) is 30.3 Å². The van der Waals surface area contributed by atoms with Crippen LogP contribution in [0.5, 0.6) is 0 Å². The quantitative estimate of drug-likeness (QED) is 0.170. The molecule has 10 unspecified atom stereocenters. The minimum atomic E-state index is -1.50. The van der Waals surface area contributed by atoms with E-state index in [4.69, 9.17) is 18.9 Å². The fourth-order valence-corrected chi connectivity index (χ4v) is 4.40. The predicted octanol–water partition coefficient (Wildman–Crippen LogP) is -1.50. The van der Waals surface area contributed by atoms with Crippen LogP contribution in [0.1, 0.15) is 5.56 Å². The van der Waals surface area contributed by atoms with Crippen molar-refractivity contribution in [3.8, 4) is 0 Å². The van der Waals surface area contributed by atoms with Crippen LogP contribution in [-0.2, 0) is 25.6 Å². The summed E-state index contributed by atoms with van der Waals surface area (Å²) in [6.07, 6.45) is -6.01. The van der Waals surface area contributed by atoms with Gasteiger partial charge in [0.15, 0.2) is 6.29 Å². The first kappa shape index (κ1) is 26.6. The van der Waals surface area contributed by atoms with Crippen LogP contribution in [0, 0.1) is 0 Å². The summed E-state index contributed by atoms with van der Waals surface area (Å²) in [5.74, 6) is 0. The van der Waals surface area contributed by atoms with E-state index < -0.39 is 61.6 Å². The van der Waals surface area contributed by atoms with Crippen LogP contribution >= 0.6 is 9.24 Å². The van der Waals surface area contributed by atoms with Crippen LogP contribution in [0.4, 0.5) is 0 Å². The Morgan fingerprint density at radius 2 is 1.79 bits per heavy atom. The average Bonchev–Trinajstić information content (AvgIpc) is 2.83. The van der Waals surface area contributed by atoms with Gasteiger partial charge in [0.1, 0.15) is 36.6 Å². The van der Waals surface area contributed by atoms with Gasteiger partial charge in [0.25, 0.3) is 0 Å². The zero-order chi connectivity index (χ0) is 24.0. The highest BCUT2D eigenvalue weighted by Crippen LogP contribution is 2.28. The van der Waals surface area contributed by atoms with Crippen molar-refractivity contribution in [2.24, 2.45) is 0 Å². The van der Waals surface area contributed by atoms with E-state index >= 15 is 0 Å². The molecule has 33 heavy (non-hydrogen) atoms. The van der Waals surface area contributed by atoms with Crippen molar-refractivity contribution in [1.29, 1.82) is 0 Å². The molecule has 10 atom stereocenters. The smallest absolute Gasteiger partial charge is 0.175 e. The third-order valence-corrected chi connectivity index (χ3v) is 6.16. The van der Waals surface area contributed by atoms with Crippen LogP contribution < -0.4 is 5.32 Å². The number of aliphatic hydroxyl groups excluding tert-OH is 5. The topological polar surface area (TPSA) is 150 Å². The molecular weight excluding hydrogens is 453 g/mol. The molecule has 1 aromatic rings. The molecule has 11 heteroatoms. The first-order chi connectivity index (χ1) is 15.9. The van der Waals surface area contributed by atoms with Crippen LogP contribution in [0.2, 0.25) is 0 Å². The molecule has 0 spiro atoms. The zero-order valence-electron chi connectivity index (χ0n) is 18.4. The number of benzene rings is 1. The third-order valence-electron chi connectivity index (χ3n) is 5.97. The summed E-state index contributed by atoms with van der Waals surface area (Å²) in [5.41, 5.74) is 1.16. The minimum Gasteiger partial charge on any atom is -0.392 e. The van der Waals surface area contributed by atoms with Gasteiger partial charge in [-0.1, -0.05) is 36.4 Å². The van der Waals surface area contributed by atoms with Crippen molar-refractivity contribution in [1.82, 2.24) is 5.32 Å². The normalized spacial score (nSPS) is 37.1. The molecule has 0 aromatic heterocycles. The summed E-state index contributed by atoms with van der Waals surface area (Å²) in [6, 6.07) is 7.92. The number of methoxy groups -OCH3 is 1. The highest BCUT2D eigenvalue weighted by atomic mass is 31.0. The molecule has 0 radical (unpaired) electrons. The summed E-state index contributed by atoms with van der Waals surface area (Å²) in [5, 5.41) is 54.2. The number of hydrogen-bond acceptors (Lipinski definition) is 10. The Morgan fingerprint density at radius 1 is 1.06 bits per heavy atom. The molecule has 0 bridgehead atoms. The van der Waals surface area contributed by atoms with Crippen LogP contribution in [0.25, 0.3) is 0 Å². The minimum absolute atomic E-state index is 0.152. The van der Waals surface area contributed by atoms with E-state index in [9.17, 15) is 25.5 Å². The van der Waals surface area contributed by atoms with Crippen LogP contribution in [0.3, 0.4) is 0 Å². The Kier molecular flexibility index (Phi) is 10.2. The number of hydrogen-bond donors (Lipinski definition) is 6. The highest BCUT2D eigenvalue weighted by molar-refractivity contribution is 7.16. The first-order valence-corrected chi connectivity index (χ1v) is 11.6. The summed E-state index contributed by atoms with van der Waals surface area (Å²) in [4.78, 5) is 0. The molecule has 2 aliphatic rings. The van der Waals surface area contributed by atoms with Crippen molar-refractivity contribution in [3.05, 3.63) is 47.5 Å². The van der Waals surface area contributed by atoms with Gasteiger partial charge in [0.05, 0.1) is 38.3 Å². The Hall–Kier alpha value is -1.01. The van der Waals surface area contributed by atoms with E-state index in [1.54, 1.807) is 0 Å². The van der Waals surface area contributed by atoms with E-state index in [0.29, 0.717) is 6.61 Å². The van der Waals surface area contributed by atoms with Gasteiger partial charge in [-0.25, -0.2) is 0 Å². The Morgan fingerprint density at radius 3 is 2.42 bits per heavy atom. The highest BCUT2D eigenvalue weighted by Gasteiger charge is 2.48. The number of rotatable bonds is 10. The number of ether oxygens (including phenoxy) is 4. The Labute approximate surface area is 195 Å². The third kappa shape index (κ3) is 6.36. The molecular formula is C22H34NO9P. The zero-order valence-corrected chi connectivity index (χ0v) is 19.6. The van der Waals surface area contributed by atoms with Crippen molar-refractivity contribution >= 4 is 9.24 Å². The molecule has 0 amide bonds. The second-order valence-electron chi connectivity index (χ2n) is 8.11. The van der Waals surface area contributed by atoms with E-state index in [1.165, 1.54) is 13.2 Å². The van der Waals surface area contributed by atoms with Crippen molar-refractivity contribution < 1.29 is 44.5 Å². The van der Waals surface area contributed by atoms with Gasteiger partial charge in [-0.2, -0.15) is 0 Å². The lowest BCUT2D eigenvalue weighted by molar-refractivity contribution is -0.273. The Balaban J connectivity index is 1.71. The van der Waals surface area contributed by atoms with Crippen LogP contribution in [0.15, 0.2) is 42.0 Å². The molecule has 1 aliphatic carbocycles. The van der Waals surface area contributed by atoms with Gasteiger partial charge in [-0.3, -0.25) is 5.32 Å². The lowest BCUT2D eigenvalue weighted by atomic mass is 9.87. The number of aliphatic hydroxyl groups is 5.